The van der Waals surface area contributed by atoms with Crippen LogP contribution in [0.1, 0.15) is 24.9 Å². The molecule has 3 nitrogen and oxygen atoms in total. The summed E-state index contributed by atoms with van der Waals surface area (Å²) in [4.78, 5) is 6.51. The first kappa shape index (κ1) is 10.6. The van der Waals surface area contributed by atoms with E-state index in [1.165, 1.54) is 18.5 Å². The Morgan fingerprint density at radius 2 is 2.47 bits per heavy atom. The van der Waals surface area contributed by atoms with Crippen LogP contribution in [0.2, 0.25) is 0 Å². The minimum absolute atomic E-state index is 0.398. The third kappa shape index (κ3) is 2.76. The number of aromatic nitrogens is 1. The zero-order valence-corrected chi connectivity index (χ0v) is 9.48. The van der Waals surface area contributed by atoms with Crippen molar-refractivity contribution in [2.24, 2.45) is 0 Å². The van der Waals surface area contributed by atoms with Crippen molar-refractivity contribution >= 4 is 0 Å². The van der Waals surface area contributed by atoms with Crippen LogP contribution in [0.4, 0.5) is 0 Å². The van der Waals surface area contributed by atoms with E-state index in [0.29, 0.717) is 12.1 Å². The summed E-state index contributed by atoms with van der Waals surface area (Å²) in [5.74, 6) is 0. The minimum atomic E-state index is 0.398. The summed E-state index contributed by atoms with van der Waals surface area (Å²) in [6, 6.07) is 5.15. The molecule has 1 fully saturated rings. The maximum Gasteiger partial charge on any atom is 0.0315 e. The van der Waals surface area contributed by atoms with Gasteiger partial charge in [-0.2, -0.15) is 0 Å². The molecule has 1 N–H and O–H groups in total. The van der Waals surface area contributed by atoms with Gasteiger partial charge < -0.3 is 10.2 Å². The van der Waals surface area contributed by atoms with Gasteiger partial charge in [-0.3, -0.25) is 4.98 Å². The van der Waals surface area contributed by atoms with Gasteiger partial charge in [0.2, 0.25) is 0 Å². The predicted molar refractivity (Wildman–Crippen MR) is 61.7 cm³/mol. The first-order valence-corrected chi connectivity index (χ1v) is 5.60. The molecule has 2 atom stereocenters. The van der Waals surface area contributed by atoms with Crippen LogP contribution in [0.3, 0.4) is 0 Å². The molecule has 1 aliphatic rings. The van der Waals surface area contributed by atoms with Gasteiger partial charge in [0.25, 0.3) is 0 Å². The third-order valence-corrected chi connectivity index (χ3v) is 3.06. The lowest BCUT2D eigenvalue weighted by Gasteiger charge is -2.19. The van der Waals surface area contributed by atoms with Gasteiger partial charge in [-0.15, -0.1) is 0 Å². The van der Waals surface area contributed by atoms with E-state index in [2.05, 4.69) is 35.2 Å². The summed E-state index contributed by atoms with van der Waals surface area (Å²) in [6.45, 7) is 4.57. The Hall–Kier alpha value is -0.930. The number of hydrogen-bond donors (Lipinski definition) is 1. The number of pyridine rings is 1. The van der Waals surface area contributed by atoms with Crippen molar-refractivity contribution in [3.8, 4) is 0 Å². The Bertz CT molecular complexity index is 299. The van der Waals surface area contributed by atoms with Crippen molar-refractivity contribution < 1.29 is 0 Å². The average Bonchev–Trinajstić information content (AvgIpc) is 2.65. The molecule has 0 radical (unpaired) electrons. The molecule has 1 aromatic rings. The maximum absolute atomic E-state index is 4.14. The molecule has 1 aliphatic heterocycles. The number of nitrogens with zero attached hydrogens (tertiary/aromatic N) is 2. The van der Waals surface area contributed by atoms with Crippen LogP contribution in [-0.4, -0.2) is 36.1 Å². The normalized spacial score (nSPS) is 24.3. The smallest absolute Gasteiger partial charge is 0.0315 e. The topological polar surface area (TPSA) is 28.2 Å². The molecule has 0 saturated carbocycles. The van der Waals surface area contributed by atoms with E-state index in [9.17, 15) is 0 Å². The molecule has 0 bridgehead atoms. The van der Waals surface area contributed by atoms with Crippen molar-refractivity contribution in [1.82, 2.24) is 15.2 Å². The number of nitrogens with one attached hydrogen (secondary N) is 1. The molecule has 0 aliphatic carbocycles. The third-order valence-electron chi connectivity index (χ3n) is 3.06. The molecule has 1 saturated heterocycles. The Morgan fingerprint density at radius 1 is 1.60 bits per heavy atom. The molecule has 0 spiro atoms. The van der Waals surface area contributed by atoms with Gasteiger partial charge in [0.1, 0.15) is 0 Å². The quantitative estimate of drug-likeness (QED) is 0.809. The van der Waals surface area contributed by atoms with Crippen LogP contribution in [0.15, 0.2) is 24.5 Å². The van der Waals surface area contributed by atoms with Gasteiger partial charge in [-0.1, -0.05) is 6.07 Å². The standard InChI is InChI=1S/C12H19N3/c1-10(11-4-3-6-13-8-11)14-12-5-7-15(2)9-12/h3-4,6,8,10,12,14H,5,7,9H2,1-2H3/t10-,12?/m1/s1. The lowest BCUT2D eigenvalue weighted by Crippen LogP contribution is -2.33. The number of likely N-dealkylation sites (N-methyl/N-ethyl adjacent to an activating group) is 1. The van der Waals surface area contributed by atoms with Gasteiger partial charge in [0, 0.05) is 31.0 Å². The highest BCUT2D eigenvalue weighted by atomic mass is 15.2. The minimum Gasteiger partial charge on any atom is -0.306 e. The summed E-state index contributed by atoms with van der Waals surface area (Å²) in [5, 5.41) is 3.64. The fraction of sp³-hybridized carbons (Fsp3) is 0.583. The first-order chi connectivity index (χ1) is 7.25. The molecule has 1 aromatic heterocycles. The molecule has 82 valence electrons. The second kappa shape index (κ2) is 4.73. The van der Waals surface area contributed by atoms with Crippen molar-refractivity contribution in [2.75, 3.05) is 20.1 Å². The van der Waals surface area contributed by atoms with Crippen LogP contribution in [0, 0.1) is 0 Å². The lowest BCUT2D eigenvalue weighted by molar-refractivity contribution is 0.387. The highest BCUT2D eigenvalue weighted by Crippen LogP contribution is 2.14. The summed E-state index contributed by atoms with van der Waals surface area (Å²) in [5.41, 5.74) is 1.27. The van der Waals surface area contributed by atoms with Gasteiger partial charge >= 0.3 is 0 Å². The highest BCUT2D eigenvalue weighted by Gasteiger charge is 2.20. The fourth-order valence-electron chi connectivity index (χ4n) is 2.15. The van der Waals surface area contributed by atoms with Crippen molar-refractivity contribution in [1.29, 1.82) is 0 Å². The molecule has 0 amide bonds. The summed E-state index contributed by atoms with van der Waals surface area (Å²) >= 11 is 0. The maximum atomic E-state index is 4.14. The van der Waals surface area contributed by atoms with Crippen LogP contribution in [0.5, 0.6) is 0 Å². The summed E-state index contributed by atoms with van der Waals surface area (Å²) in [7, 11) is 2.18. The average molecular weight is 205 g/mol. The molecule has 15 heavy (non-hydrogen) atoms. The Kier molecular flexibility index (Phi) is 3.34. The lowest BCUT2D eigenvalue weighted by atomic mass is 10.1. The number of hydrogen-bond acceptors (Lipinski definition) is 3. The van der Waals surface area contributed by atoms with Crippen LogP contribution in [0.25, 0.3) is 0 Å². The van der Waals surface area contributed by atoms with E-state index >= 15 is 0 Å². The fourth-order valence-corrected chi connectivity index (χ4v) is 2.15. The van der Waals surface area contributed by atoms with E-state index in [0.717, 1.165) is 6.54 Å². The van der Waals surface area contributed by atoms with Crippen LogP contribution >= 0.6 is 0 Å². The molecule has 3 heteroatoms. The summed E-state index contributed by atoms with van der Waals surface area (Å²) in [6.07, 6.45) is 5.01. The van der Waals surface area contributed by atoms with Crippen molar-refractivity contribution in [2.45, 2.75) is 25.4 Å². The Morgan fingerprint density at radius 3 is 3.07 bits per heavy atom. The first-order valence-electron chi connectivity index (χ1n) is 5.60. The largest absolute Gasteiger partial charge is 0.306 e. The van der Waals surface area contributed by atoms with E-state index < -0.39 is 0 Å². The zero-order chi connectivity index (χ0) is 10.7. The number of likely N-dealkylation sites (tertiary alicyclic amines) is 1. The molecule has 2 heterocycles. The van der Waals surface area contributed by atoms with E-state index in [-0.39, 0.29) is 0 Å². The van der Waals surface area contributed by atoms with Crippen LogP contribution in [-0.2, 0) is 0 Å². The second-order valence-electron chi connectivity index (χ2n) is 4.42. The molecule has 1 unspecified atom stereocenters. The summed E-state index contributed by atoms with van der Waals surface area (Å²) < 4.78 is 0. The molecule has 0 aromatic carbocycles. The Labute approximate surface area is 91.5 Å². The van der Waals surface area contributed by atoms with Gasteiger partial charge in [-0.05, 0) is 38.6 Å². The van der Waals surface area contributed by atoms with Crippen molar-refractivity contribution in [3.63, 3.8) is 0 Å². The van der Waals surface area contributed by atoms with Crippen LogP contribution < -0.4 is 5.32 Å². The SMILES string of the molecule is C[C@@H](NC1CCN(C)C1)c1cccnc1. The van der Waals surface area contributed by atoms with Gasteiger partial charge in [-0.25, -0.2) is 0 Å². The second-order valence-corrected chi connectivity index (χ2v) is 4.42. The van der Waals surface area contributed by atoms with E-state index in [1.54, 1.807) is 0 Å². The van der Waals surface area contributed by atoms with E-state index in [4.69, 9.17) is 0 Å². The molecular formula is C12H19N3. The highest BCUT2D eigenvalue weighted by molar-refractivity contribution is 5.13. The van der Waals surface area contributed by atoms with Crippen molar-refractivity contribution in [3.05, 3.63) is 30.1 Å². The predicted octanol–water partition coefficient (Wildman–Crippen LogP) is 1.44. The molecule has 2 rings (SSSR count). The zero-order valence-electron chi connectivity index (χ0n) is 9.48. The number of rotatable bonds is 3. The van der Waals surface area contributed by atoms with Gasteiger partial charge in [0.05, 0.1) is 0 Å². The Balaban J connectivity index is 1.90. The van der Waals surface area contributed by atoms with E-state index in [1.807, 2.05) is 18.5 Å². The molecular weight excluding hydrogens is 186 g/mol. The monoisotopic (exact) mass is 205 g/mol. The van der Waals surface area contributed by atoms with Gasteiger partial charge in [0.15, 0.2) is 0 Å².